The van der Waals surface area contributed by atoms with Crippen LogP contribution in [0.3, 0.4) is 0 Å². The molecule has 154 valence electrons. The lowest BCUT2D eigenvalue weighted by molar-refractivity contribution is 0.0775. The Labute approximate surface area is 171 Å². The molecule has 0 spiro atoms. The van der Waals surface area contributed by atoms with Crippen LogP contribution in [-0.2, 0) is 13.0 Å². The summed E-state index contributed by atoms with van der Waals surface area (Å²) in [5, 5.41) is 2.83. The second kappa shape index (κ2) is 9.03. The Morgan fingerprint density at radius 1 is 1.24 bits per heavy atom. The molecule has 0 aliphatic carbocycles. The van der Waals surface area contributed by atoms with E-state index in [-0.39, 0.29) is 17.6 Å². The number of Topliss-reactive ketones (excluding diaryl/α,β-unsaturated/α-hetero) is 1. The number of amides is 2. The van der Waals surface area contributed by atoms with Crippen LogP contribution in [0.25, 0.3) is 0 Å². The molecule has 1 aromatic heterocycles. The van der Waals surface area contributed by atoms with Gasteiger partial charge in [0.15, 0.2) is 17.3 Å². The molecule has 1 N–H and O–H groups in total. The maximum Gasteiger partial charge on any atom is 0.289 e. The standard InChI is InChI=1S/C22H28N4O3/c1-4-5-12-25(3)22(29)20-24-19(18-11-6-7-13-26(18)20)21(28)23-17-10-8-9-16(14-17)15(2)27/h8-10,14H,4-7,11-13H2,1-3H3,(H,23,28). The molecule has 7 nitrogen and oxygen atoms in total. The molecule has 1 aliphatic heterocycles. The summed E-state index contributed by atoms with van der Waals surface area (Å²) in [7, 11) is 1.77. The molecule has 0 atom stereocenters. The largest absolute Gasteiger partial charge is 0.339 e. The van der Waals surface area contributed by atoms with E-state index in [1.165, 1.54) is 6.92 Å². The van der Waals surface area contributed by atoms with Gasteiger partial charge in [-0.3, -0.25) is 14.4 Å². The maximum atomic E-state index is 12.9. The Morgan fingerprint density at radius 2 is 2.03 bits per heavy atom. The van der Waals surface area contributed by atoms with Crippen molar-refractivity contribution in [3.63, 3.8) is 0 Å². The molecule has 2 aromatic rings. The van der Waals surface area contributed by atoms with Crippen molar-refractivity contribution >= 4 is 23.3 Å². The first kappa shape index (κ1) is 20.8. The van der Waals surface area contributed by atoms with Gasteiger partial charge in [0, 0.05) is 31.4 Å². The minimum Gasteiger partial charge on any atom is -0.339 e. The number of anilines is 1. The molecule has 0 saturated carbocycles. The number of carbonyl (C=O) groups is 3. The summed E-state index contributed by atoms with van der Waals surface area (Å²) in [6, 6.07) is 6.82. The molecular weight excluding hydrogens is 368 g/mol. The molecule has 2 heterocycles. The molecule has 2 amide bonds. The van der Waals surface area contributed by atoms with Crippen LogP contribution in [-0.4, -0.2) is 45.6 Å². The number of nitrogens with one attached hydrogen (secondary N) is 1. The zero-order valence-electron chi connectivity index (χ0n) is 17.3. The van der Waals surface area contributed by atoms with Crippen LogP contribution in [0.15, 0.2) is 24.3 Å². The lowest BCUT2D eigenvalue weighted by atomic mass is 10.1. The fourth-order valence-corrected chi connectivity index (χ4v) is 3.56. The van der Waals surface area contributed by atoms with E-state index in [0.29, 0.717) is 35.9 Å². The molecule has 0 unspecified atom stereocenters. The number of fused-ring (bicyclic) bond motifs is 1. The van der Waals surface area contributed by atoms with Crippen molar-refractivity contribution in [1.29, 1.82) is 0 Å². The third kappa shape index (κ3) is 4.55. The quantitative estimate of drug-likeness (QED) is 0.726. The Morgan fingerprint density at radius 3 is 2.76 bits per heavy atom. The number of carbonyl (C=O) groups excluding carboxylic acids is 3. The van der Waals surface area contributed by atoms with Gasteiger partial charge in [0.1, 0.15) is 0 Å². The van der Waals surface area contributed by atoms with Gasteiger partial charge < -0.3 is 14.8 Å². The van der Waals surface area contributed by atoms with Crippen LogP contribution < -0.4 is 5.32 Å². The van der Waals surface area contributed by atoms with E-state index in [9.17, 15) is 14.4 Å². The third-order valence-corrected chi connectivity index (χ3v) is 5.24. The summed E-state index contributed by atoms with van der Waals surface area (Å²) >= 11 is 0. The van der Waals surface area contributed by atoms with Gasteiger partial charge in [-0.05, 0) is 44.7 Å². The molecule has 0 radical (unpaired) electrons. The molecule has 0 saturated heterocycles. The highest BCUT2D eigenvalue weighted by molar-refractivity contribution is 6.05. The number of imidazole rings is 1. The topological polar surface area (TPSA) is 84.3 Å². The van der Waals surface area contributed by atoms with Crippen molar-refractivity contribution in [3.8, 4) is 0 Å². The van der Waals surface area contributed by atoms with Crippen LogP contribution >= 0.6 is 0 Å². The van der Waals surface area contributed by atoms with Gasteiger partial charge in [-0.2, -0.15) is 0 Å². The zero-order valence-corrected chi connectivity index (χ0v) is 17.3. The first-order valence-corrected chi connectivity index (χ1v) is 10.2. The highest BCUT2D eigenvalue weighted by atomic mass is 16.2. The van der Waals surface area contributed by atoms with Crippen molar-refractivity contribution in [1.82, 2.24) is 14.5 Å². The number of nitrogens with zero attached hydrogens (tertiary/aromatic N) is 3. The molecule has 29 heavy (non-hydrogen) atoms. The number of rotatable bonds is 7. The maximum absolute atomic E-state index is 12.9. The number of unbranched alkanes of at least 4 members (excludes halogenated alkanes) is 1. The summed E-state index contributed by atoms with van der Waals surface area (Å²) in [5.74, 6) is -0.241. The second-order valence-electron chi connectivity index (χ2n) is 7.51. The normalized spacial score (nSPS) is 12.9. The molecule has 0 fully saturated rings. The Balaban J connectivity index is 1.88. The summed E-state index contributed by atoms with van der Waals surface area (Å²) < 4.78 is 1.90. The van der Waals surface area contributed by atoms with Crippen molar-refractivity contribution in [2.75, 3.05) is 18.9 Å². The van der Waals surface area contributed by atoms with Gasteiger partial charge in [0.05, 0.1) is 5.69 Å². The van der Waals surface area contributed by atoms with Crippen LogP contribution in [0.2, 0.25) is 0 Å². The monoisotopic (exact) mass is 396 g/mol. The van der Waals surface area contributed by atoms with E-state index >= 15 is 0 Å². The fraction of sp³-hybridized carbons (Fsp3) is 0.455. The zero-order chi connectivity index (χ0) is 21.0. The first-order valence-electron chi connectivity index (χ1n) is 10.2. The van der Waals surface area contributed by atoms with E-state index < -0.39 is 0 Å². The van der Waals surface area contributed by atoms with Gasteiger partial charge in [0.25, 0.3) is 11.8 Å². The Hall–Kier alpha value is -2.96. The third-order valence-electron chi connectivity index (χ3n) is 5.24. The van der Waals surface area contributed by atoms with Crippen molar-refractivity contribution < 1.29 is 14.4 Å². The minimum atomic E-state index is -0.355. The lowest BCUT2D eigenvalue weighted by Gasteiger charge is -2.20. The van der Waals surface area contributed by atoms with Crippen LogP contribution in [0.5, 0.6) is 0 Å². The van der Waals surface area contributed by atoms with Crippen LogP contribution in [0.1, 0.15) is 76.7 Å². The highest BCUT2D eigenvalue weighted by Gasteiger charge is 2.28. The predicted octanol–water partition coefficient (Wildman–Crippen LogP) is 3.55. The fourth-order valence-electron chi connectivity index (χ4n) is 3.56. The van der Waals surface area contributed by atoms with Gasteiger partial charge in [-0.1, -0.05) is 25.5 Å². The van der Waals surface area contributed by atoms with Crippen molar-refractivity contribution in [3.05, 3.63) is 47.0 Å². The summed E-state index contributed by atoms with van der Waals surface area (Å²) in [4.78, 5) is 43.6. The number of aromatic nitrogens is 2. The number of ketones is 1. The summed E-state index contributed by atoms with van der Waals surface area (Å²) in [6.45, 7) is 4.92. The van der Waals surface area contributed by atoms with Crippen LogP contribution in [0.4, 0.5) is 5.69 Å². The van der Waals surface area contributed by atoms with Gasteiger partial charge in [0.2, 0.25) is 0 Å². The molecular formula is C22H28N4O3. The summed E-state index contributed by atoms with van der Waals surface area (Å²) in [5.41, 5.74) is 2.17. The predicted molar refractivity (Wildman–Crippen MR) is 111 cm³/mol. The average Bonchev–Trinajstić information content (AvgIpc) is 3.11. The SMILES string of the molecule is CCCCN(C)C(=O)c1nc(C(=O)Nc2cccc(C(C)=O)c2)c2n1CCCC2. The van der Waals surface area contributed by atoms with Crippen LogP contribution in [0, 0.1) is 0 Å². The number of hydrogen-bond acceptors (Lipinski definition) is 4. The van der Waals surface area contributed by atoms with E-state index in [0.717, 1.165) is 37.8 Å². The van der Waals surface area contributed by atoms with Gasteiger partial charge in [-0.25, -0.2) is 4.98 Å². The van der Waals surface area contributed by atoms with Gasteiger partial charge >= 0.3 is 0 Å². The second-order valence-corrected chi connectivity index (χ2v) is 7.51. The Bertz CT molecular complexity index is 932. The minimum absolute atomic E-state index is 0.0662. The lowest BCUT2D eigenvalue weighted by Crippen LogP contribution is -2.31. The van der Waals surface area contributed by atoms with Gasteiger partial charge in [-0.15, -0.1) is 0 Å². The smallest absolute Gasteiger partial charge is 0.289 e. The van der Waals surface area contributed by atoms with E-state index in [2.05, 4.69) is 17.2 Å². The molecule has 0 bridgehead atoms. The summed E-state index contributed by atoms with van der Waals surface area (Å²) in [6.07, 6.45) is 4.57. The average molecular weight is 396 g/mol. The highest BCUT2D eigenvalue weighted by Crippen LogP contribution is 2.23. The molecule has 1 aromatic carbocycles. The molecule has 3 rings (SSSR count). The number of hydrogen-bond donors (Lipinski definition) is 1. The van der Waals surface area contributed by atoms with E-state index in [4.69, 9.17) is 0 Å². The Kier molecular flexibility index (Phi) is 6.46. The number of benzene rings is 1. The molecule has 1 aliphatic rings. The van der Waals surface area contributed by atoms with E-state index in [1.54, 1.807) is 36.2 Å². The van der Waals surface area contributed by atoms with Crippen molar-refractivity contribution in [2.45, 2.75) is 52.5 Å². The van der Waals surface area contributed by atoms with Crippen molar-refractivity contribution in [2.24, 2.45) is 0 Å². The molecule has 7 heteroatoms. The first-order chi connectivity index (χ1) is 13.9. The van der Waals surface area contributed by atoms with E-state index in [1.807, 2.05) is 4.57 Å².